The predicted octanol–water partition coefficient (Wildman–Crippen LogP) is 17.5. The van der Waals surface area contributed by atoms with Crippen LogP contribution in [0.3, 0.4) is 0 Å². The van der Waals surface area contributed by atoms with Crippen LogP contribution in [0.1, 0.15) is 37.8 Å². The van der Waals surface area contributed by atoms with E-state index in [9.17, 15) is 0 Å². The molecule has 0 saturated carbocycles. The molecule has 8 heteroatoms. The second-order valence-corrected chi connectivity index (χ2v) is 20.2. The van der Waals surface area contributed by atoms with E-state index in [1.54, 1.807) is 0 Å². The van der Waals surface area contributed by atoms with E-state index in [1.165, 1.54) is 0 Å². The van der Waals surface area contributed by atoms with Crippen LogP contribution in [0.2, 0.25) is 0 Å². The van der Waals surface area contributed by atoms with Gasteiger partial charge < -0.3 is 38.5 Å². The van der Waals surface area contributed by atoms with Gasteiger partial charge in [0.25, 0.3) is 0 Å². The van der Waals surface area contributed by atoms with Crippen molar-refractivity contribution in [2.75, 3.05) is 59.2 Å². The third-order valence-electron chi connectivity index (χ3n) is 15.0. The first-order chi connectivity index (χ1) is 37.5. The lowest BCUT2D eigenvalue weighted by Crippen LogP contribution is -2.45. The number of rotatable bonds is 22. The molecule has 0 atom stereocenters. The largest absolute Gasteiger partial charge is 0.380 e. The first-order valence-corrected chi connectivity index (χ1v) is 26.7. The van der Waals surface area contributed by atoms with Gasteiger partial charge >= 0.3 is 0 Å². The zero-order valence-corrected chi connectivity index (χ0v) is 43.6. The summed E-state index contributed by atoms with van der Waals surface area (Å²) in [7, 11) is 0. The van der Waals surface area contributed by atoms with E-state index in [0.717, 1.165) is 132 Å². The van der Waals surface area contributed by atoms with E-state index in [-0.39, 0.29) is 10.8 Å². The van der Waals surface area contributed by atoms with Crippen molar-refractivity contribution in [3.8, 4) is 0 Å². The molecule has 0 aromatic heterocycles. The Hall–Kier alpha value is -7.98. The SMILES string of the molecule is CCC1(COCc2ccc(N(c3ccccc3)c3ccc(N(c4ccccc4)c4ccc(N(c5ccccc5)c5ccc(N(c6ccccc6)c6ccc(COCC7(CC)COC7)cc6)cc5)cc4)cc3)cc2)COC1. The van der Waals surface area contributed by atoms with E-state index in [1.807, 2.05) is 0 Å². The molecule has 9 aromatic carbocycles. The Morgan fingerprint density at radius 3 is 0.671 bits per heavy atom. The van der Waals surface area contributed by atoms with Crippen LogP contribution in [0.5, 0.6) is 0 Å². The zero-order valence-electron chi connectivity index (χ0n) is 43.6. The maximum absolute atomic E-state index is 6.21. The number of ether oxygens (including phenoxy) is 4. The molecule has 382 valence electrons. The third-order valence-corrected chi connectivity index (χ3v) is 15.0. The first kappa shape index (κ1) is 50.2. The van der Waals surface area contributed by atoms with Crippen molar-refractivity contribution in [2.45, 2.75) is 39.9 Å². The summed E-state index contributed by atoms with van der Waals surface area (Å²) in [5.41, 5.74) is 15.4. The zero-order chi connectivity index (χ0) is 51.6. The predicted molar refractivity (Wildman–Crippen MR) is 312 cm³/mol. The Balaban J connectivity index is 0.852. The first-order valence-electron chi connectivity index (χ1n) is 26.7. The highest BCUT2D eigenvalue weighted by atomic mass is 16.5. The molecule has 0 unspecified atom stereocenters. The van der Waals surface area contributed by atoms with Crippen LogP contribution in [0.25, 0.3) is 0 Å². The summed E-state index contributed by atoms with van der Waals surface area (Å²) in [6.45, 7) is 10.2. The molecule has 0 N–H and O–H groups in total. The highest BCUT2D eigenvalue weighted by Crippen LogP contribution is 2.43. The highest BCUT2D eigenvalue weighted by Gasteiger charge is 2.38. The summed E-state index contributed by atoms with van der Waals surface area (Å²) < 4.78 is 23.4. The van der Waals surface area contributed by atoms with Gasteiger partial charge in [0.2, 0.25) is 0 Å². The summed E-state index contributed by atoms with van der Waals surface area (Å²) in [6, 6.07) is 86.4. The van der Waals surface area contributed by atoms with Gasteiger partial charge in [0.15, 0.2) is 0 Å². The molecule has 76 heavy (non-hydrogen) atoms. The molecule has 2 aliphatic rings. The van der Waals surface area contributed by atoms with Crippen molar-refractivity contribution in [3.63, 3.8) is 0 Å². The second-order valence-electron chi connectivity index (χ2n) is 20.2. The molecule has 2 heterocycles. The second kappa shape index (κ2) is 23.3. The number of nitrogens with zero attached hydrogens (tertiary/aromatic N) is 4. The molecule has 0 spiro atoms. The van der Waals surface area contributed by atoms with Gasteiger partial charge in [0.05, 0.1) is 52.9 Å². The molecule has 2 fully saturated rings. The van der Waals surface area contributed by atoms with E-state index < -0.39 is 0 Å². The fourth-order valence-corrected chi connectivity index (χ4v) is 10.2. The number of benzene rings is 9. The van der Waals surface area contributed by atoms with Crippen LogP contribution < -0.4 is 19.6 Å². The molecular weight excluding hydrogens is 937 g/mol. The van der Waals surface area contributed by atoms with Gasteiger partial charge in [0.1, 0.15) is 0 Å². The van der Waals surface area contributed by atoms with Gasteiger partial charge in [-0.1, -0.05) is 111 Å². The smallest absolute Gasteiger partial charge is 0.0717 e. The molecular formula is C68H66N4O4. The molecule has 8 nitrogen and oxygen atoms in total. The van der Waals surface area contributed by atoms with Gasteiger partial charge in [-0.25, -0.2) is 0 Å². The average molecular weight is 1000 g/mol. The number of anilines is 12. The summed E-state index contributed by atoms with van der Waals surface area (Å²) in [4.78, 5) is 9.25. The summed E-state index contributed by atoms with van der Waals surface area (Å²) in [5.74, 6) is 0. The molecule has 9 aromatic rings. The Labute approximate surface area is 448 Å². The minimum atomic E-state index is 0.164. The lowest BCUT2D eigenvalue weighted by molar-refractivity contribution is -0.152. The maximum Gasteiger partial charge on any atom is 0.0717 e. The van der Waals surface area contributed by atoms with Crippen molar-refractivity contribution in [1.29, 1.82) is 0 Å². The molecule has 11 rings (SSSR count). The molecule has 2 saturated heterocycles. The van der Waals surface area contributed by atoms with Crippen molar-refractivity contribution in [2.24, 2.45) is 10.8 Å². The van der Waals surface area contributed by atoms with E-state index in [4.69, 9.17) is 18.9 Å². The number of hydrogen-bond acceptors (Lipinski definition) is 8. The maximum atomic E-state index is 6.21. The molecule has 0 amide bonds. The van der Waals surface area contributed by atoms with E-state index in [2.05, 4.69) is 276 Å². The number of para-hydroxylation sites is 4. The minimum Gasteiger partial charge on any atom is -0.380 e. The average Bonchev–Trinajstić information content (AvgIpc) is 3.48. The Morgan fingerprint density at radius 1 is 0.289 bits per heavy atom. The molecule has 0 radical (unpaired) electrons. The monoisotopic (exact) mass is 1000 g/mol. The van der Waals surface area contributed by atoms with Crippen LogP contribution >= 0.6 is 0 Å². The van der Waals surface area contributed by atoms with Gasteiger partial charge in [-0.3, -0.25) is 0 Å². The van der Waals surface area contributed by atoms with E-state index in [0.29, 0.717) is 13.2 Å². The molecule has 2 aliphatic heterocycles. The van der Waals surface area contributed by atoms with Gasteiger partial charge in [0, 0.05) is 79.1 Å². The normalized spacial score (nSPS) is 14.2. The highest BCUT2D eigenvalue weighted by molar-refractivity contribution is 5.84. The van der Waals surface area contributed by atoms with Gasteiger partial charge in [-0.05, 0) is 170 Å². The topological polar surface area (TPSA) is 49.9 Å². The van der Waals surface area contributed by atoms with Crippen LogP contribution in [0.15, 0.2) is 243 Å². The summed E-state index contributed by atoms with van der Waals surface area (Å²) in [6.07, 6.45) is 2.13. The van der Waals surface area contributed by atoms with Crippen LogP contribution in [0, 0.1) is 10.8 Å². The van der Waals surface area contributed by atoms with Crippen molar-refractivity contribution < 1.29 is 18.9 Å². The van der Waals surface area contributed by atoms with Gasteiger partial charge in [-0.2, -0.15) is 0 Å². The van der Waals surface area contributed by atoms with Crippen LogP contribution in [-0.2, 0) is 32.2 Å². The fourth-order valence-electron chi connectivity index (χ4n) is 10.2. The Kier molecular flexibility index (Phi) is 15.4. The lowest BCUT2D eigenvalue weighted by Gasteiger charge is -2.40. The fraction of sp³-hybridized carbons (Fsp3) is 0.206. The van der Waals surface area contributed by atoms with Crippen LogP contribution in [-0.4, -0.2) is 39.6 Å². The standard InChI is InChI=1S/C68H66N4O4/c1-3-67(49-75-50-67)47-73-45-53-25-29-59(30-26-53)69(55-17-9-5-10-18-55)61-33-37-63(38-34-61)71(57-21-13-7-14-22-57)65-41-43-66(44-42-65)72(58-23-15-8-16-24-58)64-39-35-62(36-40-64)70(56-19-11-6-12-20-56)60-31-27-54(28-32-60)46-74-48-68(4-2)51-76-52-68/h5-44H,3-4,45-52H2,1-2H3. The Bertz CT molecular complexity index is 2980. The minimum absolute atomic E-state index is 0.164. The third kappa shape index (κ3) is 11.2. The van der Waals surface area contributed by atoms with Crippen LogP contribution in [0.4, 0.5) is 68.2 Å². The van der Waals surface area contributed by atoms with Crippen molar-refractivity contribution >= 4 is 68.2 Å². The lowest BCUT2D eigenvalue weighted by atomic mass is 9.84. The van der Waals surface area contributed by atoms with Crippen molar-refractivity contribution in [3.05, 3.63) is 254 Å². The molecule has 0 bridgehead atoms. The summed E-state index contributed by atoms with van der Waals surface area (Å²) >= 11 is 0. The Morgan fingerprint density at radius 2 is 0.487 bits per heavy atom. The summed E-state index contributed by atoms with van der Waals surface area (Å²) in [5, 5.41) is 0. The van der Waals surface area contributed by atoms with Gasteiger partial charge in [-0.15, -0.1) is 0 Å². The van der Waals surface area contributed by atoms with E-state index >= 15 is 0 Å². The van der Waals surface area contributed by atoms with Crippen molar-refractivity contribution in [1.82, 2.24) is 0 Å². The molecule has 0 aliphatic carbocycles. The number of hydrogen-bond donors (Lipinski definition) is 0. The quantitative estimate of drug-likeness (QED) is 0.0666.